The molecule has 6 nitrogen and oxygen atoms in total. The molecule has 24 heavy (non-hydrogen) atoms. The number of hydrogen-bond acceptors (Lipinski definition) is 5. The summed E-state index contributed by atoms with van der Waals surface area (Å²) in [7, 11) is 1.91. The summed E-state index contributed by atoms with van der Waals surface area (Å²) in [6.45, 7) is 7.06. The van der Waals surface area contributed by atoms with Gasteiger partial charge in [0.15, 0.2) is 0 Å². The Labute approximate surface area is 147 Å². The first-order chi connectivity index (χ1) is 11.3. The zero-order valence-electron chi connectivity index (χ0n) is 14.8. The van der Waals surface area contributed by atoms with Gasteiger partial charge in [-0.1, -0.05) is 20.3 Å². The Morgan fingerprint density at radius 2 is 2.04 bits per heavy atom. The number of rotatable bonds is 4. The van der Waals surface area contributed by atoms with Crippen LogP contribution in [0.1, 0.15) is 43.8 Å². The Bertz CT molecular complexity index is 634. The number of imide groups is 1. The molecule has 132 valence electrons. The molecule has 0 aromatic carbocycles. The molecule has 1 saturated carbocycles. The maximum Gasteiger partial charge on any atom is 0.326 e. The number of hydrogen-bond donors (Lipinski definition) is 1. The molecule has 1 aromatic rings. The Morgan fingerprint density at radius 3 is 2.62 bits per heavy atom. The summed E-state index contributed by atoms with van der Waals surface area (Å²) in [6.07, 6.45) is 3.09. The van der Waals surface area contributed by atoms with Gasteiger partial charge in [0, 0.05) is 11.9 Å². The quantitative estimate of drug-likeness (QED) is 0.848. The van der Waals surface area contributed by atoms with Crippen molar-refractivity contribution < 1.29 is 9.59 Å². The van der Waals surface area contributed by atoms with Gasteiger partial charge in [0.1, 0.15) is 5.54 Å². The molecule has 1 aromatic heterocycles. The topological polar surface area (TPSA) is 65.5 Å². The van der Waals surface area contributed by atoms with E-state index in [4.69, 9.17) is 0 Å². The number of aromatic nitrogens is 1. The second-order valence-corrected chi connectivity index (χ2v) is 8.34. The second kappa shape index (κ2) is 6.44. The summed E-state index contributed by atoms with van der Waals surface area (Å²) < 4.78 is 0. The van der Waals surface area contributed by atoms with Gasteiger partial charge in [-0.15, -0.1) is 11.3 Å². The molecule has 1 saturated heterocycles. The van der Waals surface area contributed by atoms with E-state index in [1.807, 2.05) is 24.3 Å². The minimum Gasteiger partial charge on any atom is -0.323 e. The van der Waals surface area contributed by atoms with Gasteiger partial charge in [0.25, 0.3) is 5.91 Å². The molecular weight excluding hydrogens is 324 g/mol. The lowest BCUT2D eigenvalue weighted by molar-refractivity contribution is -0.137. The van der Waals surface area contributed by atoms with Crippen molar-refractivity contribution in [2.75, 3.05) is 13.7 Å². The maximum absolute atomic E-state index is 13.1. The van der Waals surface area contributed by atoms with E-state index >= 15 is 0 Å². The fourth-order valence-electron chi connectivity index (χ4n) is 4.13. The van der Waals surface area contributed by atoms with Crippen molar-refractivity contribution in [3.8, 4) is 0 Å². The molecule has 1 spiro atoms. The molecular formula is C17H26N4O2S. The SMILES string of the molecule is Cc1nc(CN(C)CN2C(=O)NC3(C2=O)C(C)CCCC3C)cs1. The highest BCUT2D eigenvalue weighted by Crippen LogP contribution is 2.42. The highest BCUT2D eigenvalue weighted by atomic mass is 32.1. The Kier molecular flexibility index (Phi) is 4.66. The normalized spacial score (nSPS) is 30.5. The van der Waals surface area contributed by atoms with Gasteiger partial charge >= 0.3 is 6.03 Å². The van der Waals surface area contributed by atoms with Crippen LogP contribution >= 0.6 is 11.3 Å². The number of thiazole rings is 1. The lowest BCUT2D eigenvalue weighted by Gasteiger charge is -2.42. The van der Waals surface area contributed by atoms with Crippen molar-refractivity contribution >= 4 is 23.3 Å². The van der Waals surface area contributed by atoms with Crippen LogP contribution in [0.5, 0.6) is 0 Å². The minimum absolute atomic E-state index is 0.0616. The van der Waals surface area contributed by atoms with Crippen LogP contribution in [0.15, 0.2) is 5.38 Å². The second-order valence-electron chi connectivity index (χ2n) is 7.28. The molecule has 1 aliphatic carbocycles. The number of carbonyl (C=O) groups excluding carboxylic acids is 2. The standard InChI is InChI=1S/C17H26N4O2S/c1-11-6-5-7-12(2)17(11)15(22)21(16(23)19-17)10-20(4)8-14-9-24-13(3)18-14/h9,11-12H,5-8,10H2,1-4H3,(H,19,23). The van der Waals surface area contributed by atoms with Crippen LogP contribution in [0.3, 0.4) is 0 Å². The van der Waals surface area contributed by atoms with Crippen LogP contribution in [0.4, 0.5) is 4.79 Å². The predicted molar refractivity (Wildman–Crippen MR) is 93.5 cm³/mol. The summed E-state index contributed by atoms with van der Waals surface area (Å²) in [4.78, 5) is 33.4. The van der Waals surface area contributed by atoms with E-state index < -0.39 is 5.54 Å². The molecule has 2 unspecified atom stereocenters. The van der Waals surface area contributed by atoms with Gasteiger partial charge in [0.05, 0.1) is 17.4 Å². The van der Waals surface area contributed by atoms with Crippen molar-refractivity contribution in [2.24, 2.45) is 11.8 Å². The summed E-state index contributed by atoms with van der Waals surface area (Å²) in [5.41, 5.74) is 0.258. The first kappa shape index (κ1) is 17.4. The van der Waals surface area contributed by atoms with E-state index in [0.717, 1.165) is 30.0 Å². The minimum atomic E-state index is -0.715. The molecule has 2 heterocycles. The first-order valence-electron chi connectivity index (χ1n) is 8.58. The van der Waals surface area contributed by atoms with E-state index in [2.05, 4.69) is 24.1 Å². The zero-order chi connectivity index (χ0) is 17.5. The van der Waals surface area contributed by atoms with Gasteiger partial charge in [-0.25, -0.2) is 14.7 Å². The molecule has 2 fully saturated rings. The molecule has 0 radical (unpaired) electrons. The predicted octanol–water partition coefficient (Wildman–Crippen LogP) is 2.59. The van der Waals surface area contributed by atoms with E-state index in [-0.39, 0.29) is 23.8 Å². The van der Waals surface area contributed by atoms with Crippen LogP contribution in [-0.4, -0.2) is 46.0 Å². The summed E-state index contributed by atoms with van der Waals surface area (Å²) >= 11 is 1.61. The van der Waals surface area contributed by atoms with Crippen LogP contribution in [0, 0.1) is 18.8 Å². The summed E-state index contributed by atoms with van der Waals surface area (Å²) in [6, 6.07) is -0.262. The van der Waals surface area contributed by atoms with Crippen molar-refractivity contribution in [2.45, 2.75) is 52.1 Å². The lowest BCUT2D eigenvalue weighted by Crippen LogP contribution is -2.59. The van der Waals surface area contributed by atoms with E-state index in [9.17, 15) is 9.59 Å². The number of amides is 3. The average molecular weight is 350 g/mol. The number of urea groups is 1. The van der Waals surface area contributed by atoms with Crippen LogP contribution in [0.25, 0.3) is 0 Å². The molecule has 3 amide bonds. The highest BCUT2D eigenvalue weighted by Gasteiger charge is 2.58. The molecule has 7 heteroatoms. The number of nitrogens with one attached hydrogen (secondary N) is 1. The van der Waals surface area contributed by atoms with Crippen LogP contribution in [0.2, 0.25) is 0 Å². The zero-order valence-corrected chi connectivity index (χ0v) is 15.7. The summed E-state index contributed by atoms with van der Waals surface area (Å²) in [5, 5.41) is 6.08. The number of carbonyl (C=O) groups is 2. The van der Waals surface area contributed by atoms with Gasteiger partial charge in [-0.3, -0.25) is 9.69 Å². The van der Waals surface area contributed by atoms with Gasteiger partial charge < -0.3 is 5.32 Å². The third-order valence-corrected chi connectivity index (χ3v) is 6.29. The van der Waals surface area contributed by atoms with Gasteiger partial charge in [-0.2, -0.15) is 0 Å². The molecule has 0 bridgehead atoms. The van der Waals surface area contributed by atoms with Crippen molar-refractivity contribution in [1.29, 1.82) is 0 Å². The average Bonchev–Trinajstić information content (AvgIpc) is 3.02. The molecule has 1 aliphatic heterocycles. The first-order valence-corrected chi connectivity index (χ1v) is 9.46. The van der Waals surface area contributed by atoms with E-state index in [0.29, 0.717) is 13.2 Å². The monoisotopic (exact) mass is 350 g/mol. The van der Waals surface area contributed by atoms with Gasteiger partial charge in [0.2, 0.25) is 0 Å². The Morgan fingerprint density at radius 1 is 1.38 bits per heavy atom. The number of aryl methyl sites for hydroxylation is 1. The molecule has 2 aliphatic rings. The van der Waals surface area contributed by atoms with Crippen molar-refractivity contribution in [1.82, 2.24) is 20.1 Å². The molecule has 1 N–H and O–H groups in total. The molecule has 2 atom stereocenters. The van der Waals surface area contributed by atoms with Crippen molar-refractivity contribution in [3.05, 3.63) is 16.1 Å². The van der Waals surface area contributed by atoms with Gasteiger partial charge in [-0.05, 0) is 38.6 Å². The van der Waals surface area contributed by atoms with Crippen LogP contribution < -0.4 is 5.32 Å². The third kappa shape index (κ3) is 2.84. The number of nitrogens with zero attached hydrogens (tertiary/aromatic N) is 3. The largest absolute Gasteiger partial charge is 0.326 e. The smallest absolute Gasteiger partial charge is 0.323 e. The maximum atomic E-state index is 13.1. The van der Waals surface area contributed by atoms with E-state index in [1.165, 1.54) is 4.90 Å². The Hall–Kier alpha value is -1.47. The van der Waals surface area contributed by atoms with E-state index in [1.54, 1.807) is 11.3 Å². The fourth-order valence-corrected chi connectivity index (χ4v) is 4.73. The Balaban J connectivity index is 1.72. The van der Waals surface area contributed by atoms with Crippen molar-refractivity contribution in [3.63, 3.8) is 0 Å². The molecule has 3 rings (SSSR count). The van der Waals surface area contributed by atoms with Crippen LogP contribution in [-0.2, 0) is 11.3 Å². The highest BCUT2D eigenvalue weighted by molar-refractivity contribution is 7.09. The third-order valence-electron chi connectivity index (χ3n) is 5.47. The summed E-state index contributed by atoms with van der Waals surface area (Å²) in [5.74, 6) is 0.289. The fraction of sp³-hybridized carbons (Fsp3) is 0.706. The lowest BCUT2D eigenvalue weighted by atomic mass is 9.67.